The lowest BCUT2D eigenvalue weighted by atomic mass is 10.1. The van der Waals surface area contributed by atoms with Crippen LogP contribution in [0.5, 0.6) is 0 Å². The quantitative estimate of drug-likeness (QED) is 0.850. The van der Waals surface area contributed by atoms with Crippen LogP contribution in [0, 0.1) is 0 Å². The van der Waals surface area contributed by atoms with Gasteiger partial charge in [0.2, 0.25) is 5.91 Å². The van der Waals surface area contributed by atoms with Crippen molar-refractivity contribution in [2.45, 2.75) is 32.2 Å². The first-order valence-electron chi connectivity index (χ1n) is 7.10. The Morgan fingerprint density at radius 1 is 1.48 bits per heavy atom. The van der Waals surface area contributed by atoms with Gasteiger partial charge < -0.3 is 15.6 Å². The normalized spacial score (nSPS) is 12.1. The molecule has 1 aromatic carbocycles. The van der Waals surface area contributed by atoms with Crippen molar-refractivity contribution in [3.8, 4) is 11.4 Å². The van der Waals surface area contributed by atoms with Crippen molar-refractivity contribution in [2.75, 3.05) is 5.32 Å². The van der Waals surface area contributed by atoms with Gasteiger partial charge in [0.25, 0.3) is 0 Å². The van der Waals surface area contributed by atoms with E-state index < -0.39 is 0 Å². The van der Waals surface area contributed by atoms with Crippen LogP contribution in [0.15, 0.2) is 30.6 Å². The van der Waals surface area contributed by atoms with Gasteiger partial charge in [0, 0.05) is 30.8 Å². The van der Waals surface area contributed by atoms with Gasteiger partial charge in [0.15, 0.2) is 5.82 Å². The summed E-state index contributed by atoms with van der Waals surface area (Å²) in [6, 6.07) is 7.46. The summed E-state index contributed by atoms with van der Waals surface area (Å²) in [5, 5.41) is 10.8. The number of benzene rings is 1. The average molecular weight is 287 g/mol. The minimum atomic E-state index is -0.0862. The van der Waals surface area contributed by atoms with E-state index in [2.05, 4.69) is 22.4 Å². The molecule has 1 aromatic heterocycles. The average Bonchev–Trinajstić information content (AvgIpc) is 2.85. The Morgan fingerprint density at radius 3 is 2.95 bits per heavy atom. The number of aryl methyl sites for hydroxylation is 1. The first-order chi connectivity index (χ1) is 10.1. The van der Waals surface area contributed by atoms with Crippen LogP contribution < -0.4 is 11.1 Å². The van der Waals surface area contributed by atoms with E-state index in [9.17, 15) is 4.79 Å². The molecule has 0 bridgehead atoms. The van der Waals surface area contributed by atoms with E-state index in [-0.39, 0.29) is 11.9 Å². The van der Waals surface area contributed by atoms with Crippen LogP contribution >= 0.6 is 0 Å². The Kier molecular flexibility index (Phi) is 5.05. The van der Waals surface area contributed by atoms with Crippen LogP contribution in [0.4, 0.5) is 5.69 Å². The first-order valence-corrected chi connectivity index (χ1v) is 7.10. The second kappa shape index (κ2) is 6.99. The molecule has 1 atom stereocenters. The number of nitrogens with one attached hydrogen (secondary N) is 1. The number of hydrogen-bond donors (Lipinski definition) is 2. The van der Waals surface area contributed by atoms with Crippen LogP contribution in [-0.2, 0) is 11.8 Å². The maximum Gasteiger partial charge on any atom is 0.225 e. The molecule has 6 heteroatoms. The Morgan fingerprint density at radius 2 is 2.29 bits per heavy atom. The van der Waals surface area contributed by atoms with Gasteiger partial charge in [-0.15, -0.1) is 10.2 Å². The van der Waals surface area contributed by atoms with Crippen LogP contribution in [0.1, 0.15) is 26.2 Å². The van der Waals surface area contributed by atoms with Crippen LogP contribution in [0.2, 0.25) is 0 Å². The second-order valence-electron chi connectivity index (χ2n) is 5.15. The van der Waals surface area contributed by atoms with E-state index in [0.29, 0.717) is 6.42 Å². The molecule has 0 saturated heterocycles. The zero-order valence-corrected chi connectivity index (χ0v) is 12.4. The highest BCUT2D eigenvalue weighted by molar-refractivity contribution is 5.91. The number of rotatable bonds is 6. The fourth-order valence-corrected chi connectivity index (χ4v) is 2.20. The summed E-state index contributed by atoms with van der Waals surface area (Å²) in [6.45, 7) is 2.06. The van der Waals surface area contributed by atoms with E-state index in [4.69, 9.17) is 5.73 Å². The predicted molar refractivity (Wildman–Crippen MR) is 82.6 cm³/mol. The standard InChI is InChI=1S/C15H21N5O/c1-3-5-12(16)9-14(21)18-13-7-4-6-11(8-13)15-19-17-10-20(15)2/h4,6-8,10,12H,3,5,9,16H2,1-2H3,(H,18,21). The Balaban J connectivity index is 2.05. The highest BCUT2D eigenvalue weighted by Crippen LogP contribution is 2.20. The first kappa shape index (κ1) is 15.2. The lowest BCUT2D eigenvalue weighted by Gasteiger charge is -2.11. The van der Waals surface area contributed by atoms with Gasteiger partial charge in [-0.05, 0) is 18.6 Å². The van der Waals surface area contributed by atoms with Gasteiger partial charge >= 0.3 is 0 Å². The molecule has 0 saturated carbocycles. The van der Waals surface area contributed by atoms with Crippen molar-refractivity contribution in [3.05, 3.63) is 30.6 Å². The number of carbonyl (C=O) groups is 1. The molecule has 3 N–H and O–H groups in total. The molecule has 0 aliphatic heterocycles. The van der Waals surface area contributed by atoms with Crippen LogP contribution in [0.25, 0.3) is 11.4 Å². The number of anilines is 1. The van der Waals surface area contributed by atoms with E-state index >= 15 is 0 Å². The highest BCUT2D eigenvalue weighted by Gasteiger charge is 2.10. The molecule has 0 spiro atoms. The molecule has 21 heavy (non-hydrogen) atoms. The van der Waals surface area contributed by atoms with Gasteiger partial charge in [-0.25, -0.2) is 0 Å². The van der Waals surface area contributed by atoms with Gasteiger partial charge in [-0.1, -0.05) is 25.5 Å². The summed E-state index contributed by atoms with van der Waals surface area (Å²) in [4.78, 5) is 11.9. The number of aromatic nitrogens is 3. The zero-order valence-electron chi connectivity index (χ0n) is 12.4. The molecule has 0 fully saturated rings. The molecular formula is C15H21N5O. The molecule has 1 unspecified atom stereocenters. The molecule has 2 rings (SSSR count). The SMILES string of the molecule is CCCC(N)CC(=O)Nc1cccc(-c2nncn2C)c1. The Bertz CT molecular complexity index is 608. The molecule has 2 aromatic rings. The second-order valence-corrected chi connectivity index (χ2v) is 5.15. The number of amides is 1. The monoisotopic (exact) mass is 287 g/mol. The summed E-state index contributed by atoms with van der Waals surface area (Å²) in [7, 11) is 1.88. The third-order valence-corrected chi connectivity index (χ3v) is 3.22. The van der Waals surface area contributed by atoms with E-state index in [1.807, 2.05) is 35.9 Å². The van der Waals surface area contributed by atoms with Crippen molar-refractivity contribution >= 4 is 11.6 Å². The largest absolute Gasteiger partial charge is 0.327 e. The number of nitrogens with zero attached hydrogens (tertiary/aromatic N) is 3. The fourth-order valence-electron chi connectivity index (χ4n) is 2.20. The molecule has 6 nitrogen and oxygen atoms in total. The minimum Gasteiger partial charge on any atom is -0.327 e. The number of nitrogens with two attached hydrogens (primary N) is 1. The van der Waals surface area contributed by atoms with E-state index in [1.165, 1.54) is 0 Å². The van der Waals surface area contributed by atoms with Gasteiger partial charge in [0.05, 0.1) is 0 Å². The summed E-state index contributed by atoms with van der Waals surface area (Å²) < 4.78 is 1.83. The molecule has 0 radical (unpaired) electrons. The van der Waals surface area contributed by atoms with Crippen molar-refractivity contribution < 1.29 is 4.79 Å². The fraction of sp³-hybridized carbons (Fsp3) is 0.400. The van der Waals surface area contributed by atoms with Crippen molar-refractivity contribution in [1.29, 1.82) is 0 Å². The summed E-state index contributed by atoms with van der Waals surface area (Å²) >= 11 is 0. The lowest BCUT2D eigenvalue weighted by molar-refractivity contribution is -0.116. The van der Waals surface area contributed by atoms with Crippen LogP contribution in [0.3, 0.4) is 0 Å². The lowest BCUT2D eigenvalue weighted by Crippen LogP contribution is -2.26. The van der Waals surface area contributed by atoms with Crippen molar-refractivity contribution in [3.63, 3.8) is 0 Å². The maximum atomic E-state index is 11.9. The zero-order chi connectivity index (χ0) is 15.2. The Labute approximate surface area is 124 Å². The van der Waals surface area contributed by atoms with Gasteiger partial charge in [-0.3, -0.25) is 4.79 Å². The van der Waals surface area contributed by atoms with E-state index in [1.54, 1.807) is 6.33 Å². The molecule has 0 aliphatic rings. The predicted octanol–water partition coefficient (Wildman–Crippen LogP) is 1.94. The van der Waals surface area contributed by atoms with Gasteiger partial charge in [-0.2, -0.15) is 0 Å². The summed E-state index contributed by atoms with van der Waals surface area (Å²) in [5.74, 6) is 0.694. The van der Waals surface area contributed by atoms with E-state index in [0.717, 1.165) is 29.9 Å². The summed E-state index contributed by atoms with van der Waals surface area (Å²) in [5.41, 5.74) is 7.53. The molecule has 1 heterocycles. The number of hydrogen-bond acceptors (Lipinski definition) is 4. The third-order valence-electron chi connectivity index (χ3n) is 3.22. The molecule has 112 valence electrons. The highest BCUT2D eigenvalue weighted by atomic mass is 16.1. The Hall–Kier alpha value is -2.21. The topological polar surface area (TPSA) is 85.8 Å². The van der Waals surface area contributed by atoms with Crippen molar-refractivity contribution in [2.24, 2.45) is 12.8 Å². The van der Waals surface area contributed by atoms with Crippen LogP contribution in [-0.4, -0.2) is 26.7 Å². The number of carbonyl (C=O) groups excluding carboxylic acids is 1. The smallest absolute Gasteiger partial charge is 0.225 e. The van der Waals surface area contributed by atoms with Crippen molar-refractivity contribution in [1.82, 2.24) is 14.8 Å². The molecule has 0 aliphatic carbocycles. The minimum absolute atomic E-state index is 0.0638. The summed E-state index contributed by atoms with van der Waals surface area (Å²) in [6.07, 6.45) is 3.81. The molecule has 1 amide bonds. The third kappa shape index (κ3) is 4.13. The van der Waals surface area contributed by atoms with Gasteiger partial charge in [0.1, 0.15) is 6.33 Å². The maximum absolute atomic E-state index is 11.9. The molecular weight excluding hydrogens is 266 g/mol.